The van der Waals surface area contributed by atoms with E-state index in [0.717, 1.165) is 26.2 Å². The van der Waals surface area contributed by atoms with Gasteiger partial charge in [-0.2, -0.15) is 0 Å². The number of fused-ring (bicyclic) bond motifs is 3. The Morgan fingerprint density at radius 2 is 2.05 bits per heavy atom. The molecule has 0 spiro atoms. The summed E-state index contributed by atoms with van der Waals surface area (Å²) in [4.78, 5) is 12.6. The summed E-state index contributed by atoms with van der Waals surface area (Å²) in [7, 11) is 0. The molecule has 20 heavy (non-hydrogen) atoms. The normalized spacial score (nSPS) is 13.8. The fraction of sp³-hybridized carbons (Fsp3) is 0.200. The van der Waals surface area contributed by atoms with Crippen LogP contribution in [0.15, 0.2) is 40.5 Å². The van der Waals surface area contributed by atoms with Gasteiger partial charge in [0.1, 0.15) is 16.2 Å². The molecule has 0 bridgehead atoms. The zero-order valence-corrected chi connectivity index (χ0v) is 13.0. The second-order valence-electron chi connectivity index (χ2n) is 4.75. The number of benzene rings is 1. The number of nitrogens with zero attached hydrogens (tertiary/aromatic N) is 2. The van der Waals surface area contributed by atoms with Gasteiger partial charge in [-0.3, -0.25) is 0 Å². The number of aryl methyl sites for hydroxylation is 2. The molecule has 5 heteroatoms. The van der Waals surface area contributed by atoms with E-state index >= 15 is 0 Å². The van der Waals surface area contributed by atoms with E-state index in [9.17, 15) is 0 Å². The lowest BCUT2D eigenvalue weighted by Crippen LogP contribution is -1.87. The fourth-order valence-corrected chi connectivity index (χ4v) is 5.10. The van der Waals surface area contributed by atoms with Crippen molar-refractivity contribution >= 4 is 44.9 Å². The third kappa shape index (κ3) is 2.03. The molecule has 2 heterocycles. The van der Waals surface area contributed by atoms with Gasteiger partial charge < -0.3 is 0 Å². The van der Waals surface area contributed by atoms with Crippen molar-refractivity contribution in [3.8, 4) is 0 Å². The topological polar surface area (TPSA) is 25.8 Å². The molecule has 2 nitrogen and oxygen atoms in total. The standard InChI is InChI=1S/C15H11ClN2S2/c16-10-5-1-2-6-12(10)20-15-13-9-4-3-7-11(9)19-14(13)17-8-18-15/h1-2,5-6,8H,3-4,7H2. The van der Waals surface area contributed by atoms with Crippen LogP contribution in [0.25, 0.3) is 10.2 Å². The number of hydrogen-bond donors (Lipinski definition) is 0. The predicted octanol–water partition coefficient (Wildman–Crippen LogP) is 4.98. The maximum absolute atomic E-state index is 6.25. The molecule has 1 aliphatic rings. The van der Waals surface area contributed by atoms with Crippen LogP contribution in [0, 0.1) is 0 Å². The van der Waals surface area contributed by atoms with Crippen LogP contribution in [0.5, 0.6) is 0 Å². The first-order valence-corrected chi connectivity index (χ1v) is 8.51. The van der Waals surface area contributed by atoms with E-state index in [1.54, 1.807) is 18.1 Å². The predicted molar refractivity (Wildman–Crippen MR) is 85.0 cm³/mol. The number of hydrogen-bond acceptors (Lipinski definition) is 4. The third-order valence-electron chi connectivity index (χ3n) is 3.51. The van der Waals surface area contributed by atoms with Crippen molar-refractivity contribution in [1.29, 1.82) is 0 Å². The van der Waals surface area contributed by atoms with Crippen LogP contribution < -0.4 is 0 Å². The third-order valence-corrected chi connectivity index (χ3v) is 6.23. The van der Waals surface area contributed by atoms with E-state index in [1.807, 2.05) is 35.6 Å². The largest absolute Gasteiger partial charge is 0.229 e. The Balaban J connectivity index is 1.86. The van der Waals surface area contributed by atoms with Crippen LogP contribution in [0.2, 0.25) is 5.02 Å². The zero-order valence-electron chi connectivity index (χ0n) is 10.6. The molecule has 0 radical (unpaired) electrons. The minimum absolute atomic E-state index is 0.774. The quantitative estimate of drug-likeness (QED) is 0.623. The molecule has 1 aliphatic carbocycles. The molecule has 4 rings (SSSR count). The Morgan fingerprint density at radius 1 is 1.15 bits per heavy atom. The summed E-state index contributed by atoms with van der Waals surface area (Å²) in [6, 6.07) is 7.91. The van der Waals surface area contributed by atoms with Crippen molar-refractivity contribution in [3.63, 3.8) is 0 Å². The molecule has 0 N–H and O–H groups in total. The van der Waals surface area contributed by atoms with Gasteiger partial charge in [0.05, 0.1) is 5.02 Å². The molecule has 1 aromatic carbocycles. The second kappa shape index (κ2) is 5.02. The summed E-state index contributed by atoms with van der Waals surface area (Å²) < 4.78 is 0. The van der Waals surface area contributed by atoms with Crippen molar-refractivity contribution in [2.24, 2.45) is 0 Å². The first-order valence-electron chi connectivity index (χ1n) is 6.50. The summed E-state index contributed by atoms with van der Waals surface area (Å²) in [5.41, 5.74) is 1.46. The van der Waals surface area contributed by atoms with Crippen molar-refractivity contribution < 1.29 is 0 Å². The lowest BCUT2D eigenvalue weighted by molar-refractivity contribution is 0.915. The fourth-order valence-electron chi connectivity index (χ4n) is 2.61. The first kappa shape index (κ1) is 12.6. The molecular formula is C15H11ClN2S2. The SMILES string of the molecule is Clc1ccccc1Sc1ncnc2sc3c(c12)CCC3. The molecule has 0 atom stereocenters. The second-order valence-corrected chi connectivity index (χ2v) is 7.27. The zero-order chi connectivity index (χ0) is 13.5. The average molecular weight is 319 g/mol. The Labute approximate surface area is 130 Å². The summed E-state index contributed by atoms with van der Waals surface area (Å²) in [6.45, 7) is 0. The first-order chi connectivity index (χ1) is 9.83. The van der Waals surface area contributed by atoms with Crippen molar-refractivity contribution in [2.45, 2.75) is 29.2 Å². The van der Waals surface area contributed by atoms with Crippen LogP contribution in [-0.2, 0) is 12.8 Å². The van der Waals surface area contributed by atoms with Gasteiger partial charge in [0.25, 0.3) is 0 Å². The van der Waals surface area contributed by atoms with Gasteiger partial charge in [-0.1, -0.05) is 35.5 Å². The highest BCUT2D eigenvalue weighted by Gasteiger charge is 2.21. The molecule has 2 aromatic heterocycles. The summed E-state index contributed by atoms with van der Waals surface area (Å²) >= 11 is 9.71. The highest BCUT2D eigenvalue weighted by molar-refractivity contribution is 7.99. The van der Waals surface area contributed by atoms with Crippen LogP contribution in [0.1, 0.15) is 16.9 Å². The molecule has 0 saturated carbocycles. The van der Waals surface area contributed by atoms with E-state index in [4.69, 9.17) is 11.6 Å². The lowest BCUT2D eigenvalue weighted by atomic mass is 10.2. The average Bonchev–Trinajstić information content (AvgIpc) is 3.02. The van der Waals surface area contributed by atoms with Gasteiger partial charge in [-0.25, -0.2) is 9.97 Å². The Kier molecular flexibility index (Phi) is 3.17. The highest BCUT2D eigenvalue weighted by atomic mass is 35.5. The molecule has 100 valence electrons. The van der Waals surface area contributed by atoms with Gasteiger partial charge in [-0.05, 0) is 37.0 Å². The van der Waals surface area contributed by atoms with E-state index in [0.29, 0.717) is 0 Å². The van der Waals surface area contributed by atoms with Gasteiger partial charge in [0.15, 0.2) is 0 Å². The van der Waals surface area contributed by atoms with E-state index in [1.165, 1.54) is 28.7 Å². The summed E-state index contributed by atoms with van der Waals surface area (Å²) in [6.07, 6.45) is 5.25. The number of rotatable bonds is 2. The van der Waals surface area contributed by atoms with Gasteiger partial charge in [0, 0.05) is 15.2 Å². The molecule has 0 fully saturated rings. The molecule has 0 unspecified atom stereocenters. The minimum atomic E-state index is 0.774. The minimum Gasteiger partial charge on any atom is -0.229 e. The van der Waals surface area contributed by atoms with Crippen LogP contribution in [0.4, 0.5) is 0 Å². The number of thiophene rings is 1. The highest BCUT2D eigenvalue weighted by Crippen LogP contribution is 2.42. The molecular weight excluding hydrogens is 308 g/mol. The lowest BCUT2D eigenvalue weighted by Gasteiger charge is -2.05. The number of aromatic nitrogens is 2. The molecule has 0 saturated heterocycles. The van der Waals surface area contributed by atoms with E-state index < -0.39 is 0 Å². The molecule has 0 amide bonds. The van der Waals surface area contributed by atoms with Crippen LogP contribution >= 0.6 is 34.7 Å². The van der Waals surface area contributed by atoms with Crippen molar-refractivity contribution in [3.05, 3.63) is 46.1 Å². The van der Waals surface area contributed by atoms with Crippen molar-refractivity contribution in [2.75, 3.05) is 0 Å². The van der Waals surface area contributed by atoms with Crippen molar-refractivity contribution in [1.82, 2.24) is 9.97 Å². The van der Waals surface area contributed by atoms with E-state index in [2.05, 4.69) is 9.97 Å². The maximum atomic E-state index is 6.25. The Bertz CT molecular complexity index is 798. The summed E-state index contributed by atoms with van der Waals surface area (Å²) in [5.74, 6) is 0. The number of halogens is 1. The van der Waals surface area contributed by atoms with Gasteiger partial charge in [0.2, 0.25) is 0 Å². The molecule has 3 aromatic rings. The molecule has 0 aliphatic heterocycles. The van der Waals surface area contributed by atoms with Gasteiger partial charge in [-0.15, -0.1) is 11.3 Å². The van der Waals surface area contributed by atoms with E-state index in [-0.39, 0.29) is 0 Å². The van der Waals surface area contributed by atoms with Crippen LogP contribution in [-0.4, -0.2) is 9.97 Å². The van der Waals surface area contributed by atoms with Crippen LogP contribution in [0.3, 0.4) is 0 Å². The maximum Gasteiger partial charge on any atom is 0.128 e. The summed E-state index contributed by atoms with van der Waals surface area (Å²) in [5, 5.41) is 3.05. The Morgan fingerprint density at radius 3 is 2.95 bits per heavy atom. The Hall–Kier alpha value is -1.10. The monoisotopic (exact) mass is 318 g/mol. The smallest absolute Gasteiger partial charge is 0.128 e. The van der Waals surface area contributed by atoms with Gasteiger partial charge >= 0.3 is 0 Å².